The number of nitrogens with one attached hydrogen (secondary N) is 1. The lowest BCUT2D eigenvalue weighted by molar-refractivity contribution is 0.169. The van der Waals surface area contributed by atoms with Crippen molar-refractivity contribution in [2.75, 3.05) is 39.3 Å². The predicted molar refractivity (Wildman–Crippen MR) is 109 cm³/mol. The number of aromatic nitrogens is 1. The lowest BCUT2D eigenvalue weighted by Gasteiger charge is -2.36. The first-order valence-corrected chi connectivity index (χ1v) is 9.79. The monoisotopic (exact) mass is 369 g/mol. The van der Waals surface area contributed by atoms with Crippen LogP contribution in [0, 0.1) is 0 Å². The third-order valence-corrected chi connectivity index (χ3v) is 5.06. The molecule has 0 atom stereocenters. The minimum absolute atomic E-state index is 0.0106. The quantitative estimate of drug-likeness (QED) is 0.627. The predicted octanol–water partition coefficient (Wildman–Crippen LogP) is 2.74. The Labute approximate surface area is 162 Å². The standard InChI is InChI=1S/C21H31N5O/c1-4-22-20(23-17-21(2,3)18-8-6-5-7-9-18)26-13-11-25(12-14-26)16-19-10-15-27-24-19/h5-10,15H,4,11-14,16-17H2,1-3H3,(H,22,23). The zero-order valence-electron chi connectivity index (χ0n) is 16.7. The van der Waals surface area contributed by atoms with Gasteiger partial charge in [-0.15, -0.1) is 0 Å². The zero-order chi connectivity index (χ0) is 19.1. The summed E-state index contributed by atoms with van der Waals surface area (Å²) in [6.07, 6.45) is 1.63. The van der Waals surface area contributed by atoms with Crippen LogP contribution in [0.25, 0.3) is 0 Å². The maximum atomic E-state index is 4.97. The van der Waals surface area contributed by atoms with Gasteiger partial charge in [-0.2, -0.15) is 0 Å². The van der Waals surface area contributed by atoms with Gasteiger partial charge in [-0.05, 0) is 12.5 Å². The van der Waals surface area contributed by atoms with E-state index in [0.29, 0.717) is 0 Å². The Hall–Kier alpha value is -2.34. The summed E-state index contributed by atoms with van der Waals surface area (Å²) < 4.78 is 4.93. The third kappa shape index (κ3) is 5.32. The lowest BCUT2D eigenvalue weighted by atomic mass is 9.85. The van der Waals surface area contributed by atoms with Crippen molar-refractivity contribution >= 4 is 5.96 Å². The Bertz CT molecular complexity index is 703. The number of piperazine rings is 1. The molecule has 146 valence electrons. The van der Waals surface area contributed by atoms with E-state index in [-0.39, 0.29) is 5.41 Å². The minimum atomic E-state index is 0.0106. The fourth-order valence-corrected chi connectivity index (χ4v) is 3.34. The van der Waals surface area contributed by atoms with Crippen LogP contribution in [0.15, 0.2) is 52.2 Å². The van der Waals surface area contributed by atoms with E-state index < -0.39 is 0 Å². The SMILES string of the molecule is CCNC(=NCC(C)(C)c1ccccc1)N1CCN(Cc2ccon2)CC1. The van der Waals surface area contributed by atoms with Crippen molar-refractivity contribution in [1.29, 1.82) is 0 Å². The van der Waals surface area contributed by atoms with Gasteiger partial charge in [-0.3, -0.25) is 9.89 Å². The Morgan fingerprint density at radius 3 is 2.52 bits per heavy atom. The first-order valence-electron chi connectivity index (χ1n) is 9.79. The summed E-state index contributed by atoms with van der Waals surface area (Å²) in [4.78, 5) is 9.75. The first-order chi connectivity index (χ1) is 13.1. The number of aliphatic imine (C=N–C) groups is 1. The van der Waals surface area contributed by atoms with Gasteiger partial charge in [0.05, 0.1) is 12.2 Å². The summed E-state index contributed by atoms with van der Waals surface area (Å²) >= 11 is 0. The maximum absolute atomic E-state index is 4.97. The molecule has 1 aliphatic heterocycles. The molecular formula is C21H31N5O. The van der Waals surface area contributed by atoms with Crippen molar-refractivity contribution in [1.82, 2.24) is 20.3 Å². The van der Waals surface area contributed by atoms with Gasteiger partial charge in [0.25, 0.3) is 0 Å². The Balaban J connectivity index is 1.59. The molecule has 0 spiro atoms. The number of benzene rings is 1. The van der Waals surface area contributed by atoms with E-state index in [9.17, 15) is 0 Å². The smallest absolute Gasteiger partial charge is 0.194 e. The van der Waals surface area contributed by atoms with E-state index >= 15 is 0 Å². The number of guanidine groups is 1. The van der Waals surface area contributed by atoms with Gasteiger partial charge in [0.1, 0.15) is 6.26 Å². The molecule has 2 aromatic rings. The highest BCUT2D eigenvalue weighted by molar-refractivity contribution is 5.80. The number of hydrogen-bond acceptors (Lipinski definition) is 4. The van der Waals surface area contributed by atoms with Gasteiger partial charge in [0, 0.05) is 50.7 Å². The number of nitrogens with zero attached hydrogens (tertiary/aromatic N) is 4. The van der Waals surface area contributed by atoms with Gasteiger partial charge in [0.15, 0.2) is 5.96 Å². The molecule has 2 heterocycles. The van der Waals surface area contributed by atoms with Crippen LogP contribution in [-0.2, 0) is 12.0 Å². The van der Waals surface area contributed by atoms with Crippen LogP contribution in [0.2, 0.25) is 0 Å². The van der Waals surface area contributed by atoms with E-state index in [1.165, 1.54) is 5.56 Å². The molecule has 27 heavy (non-hydrogen) atoms. The van der Waals surface area contributed by atoms with E-state index in [0.717, 1.165) is 57.5 Å². The topological polar surface area (TPSA) is 56.9 Å². The summed E-state index contributed by atoms with van der Waals surface area (Å²) in [5, 5.41) is 7.48. The highest BCUT2D eigenvalue weighted by atomic mass is 16.5. The highest BCUT2D eigenvalue weighted by Crippen LogP contribution is 2.23. The molecule has 0 radical (unpaired) electrons. The number of rotatable bonds is 6. The van der Waals surface area contributed by atoms with Crippen molar-refractivity contribution in [2.24, 2.45) is 4.99 Å². The molecule has 1 saturated heterocycles. The average molecular weight is 370 g/mol. The molecule has 0 aliphatic carbocycles. The lowest BCUT2D eigenvalue weighted by Crippen LogP contribution is -2.52. The van der Waals surface area contributed by atoms with Gasteiger partial charge < -0.3 is 14.7 Å². The van der Waals surface area contributed by atoms with Crippen LogP contribution in [0.1, 0.15) is 32.0 Å². The fraction of sp³-hybridized carbons (Fsp3) is 0.524. The highest BCUT2D eigenvalue weighted by Gasteiger charge is 2.23. The summed E-state index contributed by atoms with van der Waals surface area (Å²) in [6, 6.07) is 12.6. The molecule has 6 nitrogen and oxygen atoms in total. The van der Waals surface area contributed by atoms with Crippen molar-refractivity contribution in [3.8, 4) is 0 Å². The van der Waals surface area contributed by atoms with Gasteiger partial charge in [-0.25, -0.2) is 0 Å². The summed E-state index contributed by atoms with van der Waals surface area (Å²) in [5.41, 5.74) is 2.33. The third-order valence-electron chi connectivity index (χ3n) is 5.06. The van der Waals surface area contributed by atoms with Crippen molar-refractivity contribution in [3.63, 3.8) is 0 Å². The fourth-order valence-electron chi connectivity index (χ4n) is 3.34. The zero-order valence-corrected chi connectivity index (χ0v) is 16.7. The van der Waals surface area contributed by atoms with Crippen LogP contribution < -0.4 is 5.32 Å². The van der Waals surface area contributed by atoms with Gasteiger partial charge >= 0.3 is 0 Å². The number of hydrogen-bond donors (Lipinski definition) is 1. The van der Waals surface area contributed by atoms with Gasteiger partial charge in [-0.1, -0.05) is 49.3 Å². The Morgan fingerprint density at radius 2 is 1.89 bits per heavy atom. The summed E-state index contributed by atoms with van der Waals surface area (Å²) in [5.74, 6) is 1.02. The van der Waals surface area contributed by atoms with Crippen molar-refractivity contribution < 1.29 is 4.52 Å². The van der Waals surface area contributed by atoms with Gasteiger partial charge in [0.2, 0.25) is 0 Å². The molecule has 3 rings (SSSR count). The van der Waals surface area contributed by atoms with E-state index in [1.807, 2.05) is 6.07 Å². The molecule has 0 saturated carbocycles. The van der Waals surface area contributed by atoms with Crippen molar-refractivity contribution in [2.45, 2.75) is 32.7 Å². The van der Waals surface area contributed by atoms with Crippen LogP contribution in [0.5, 0.6) is 0 Å². The molecule has 1 fully saturated rings. The van der Waals surface area contributed by atoms with Crippen molar-refractivity contribution in [3.05, 3.63) is 53.9 Å². The molecule has 1 N–H and O–H groups in total. The van der Waals surface area contributed by atoms with Crippen LogP contribution in [-0.4, -0.2) is 60.2 Å². The van der Waals surface area contributed by atoms with E-state index in [2.05, 4.69) is 71.4 Å². The van der Waals surface area contributed by atoms with Crippen LogP contribution in [0.3, 0.4) is 0 Å². The summed E-state index contributed by atoms with van der Waals surface area (Å²) in [7, 11) is 0. The molecule has 1 aromatic carbocycles. The molecule has 0 amide bonds. The molecule has 1 aromatic heterocycles. The average Bonchev–Trinajstić information content (AvgIpc) is 3.20. The maximum Gasteiger partial charge on any atom is 0.194 e. The summed E-state index contributed by atoms with van der Waals surface area (Å²) in [6.45, 7) is 13.1. The van der Waals surface area contributed by atoms with E-state index in [1.54, 1.807) is 6.26 Å². The second-order valence-corrected chi connectivity index (χ2v) is 7.67. The van der Waals surface area contributed by atoms with Crippen LogP contribution >= 0.6 is 0 Å². The molecule has 0 unspecified atom stereocenters. The van der Waals surface area contributed by atoms with Crippen LogP contribution in [0.4, 0.5) is 0 Å². The Morgan fingerprint density at radius 1 is 1.15 bits per heavy atom. The minimum Gasteiger partial charge on any atom is -0.364 e. The normalized spacial score (nSPS) is 16.6. The van der Waals surface area contributed by atoms with E-state index in [4.69, 9.17) is 9.52 Å². The molecular weight excluding hydrogens is 338 g/mol. The largest absolute Gasteiger partial charge is 0.364 e. The first kappa shape index (κ1) is 19.4. The second-order valence-electron chi connectivity index (χ2n) is 7.67. The molecule has 1 aliphatic rings. The Kier molecular flexibility index (Phi) is 6.50. The molecule has 6 heteroatoms. The second kappa shape index (κ2) is 9.04. The molecule has 0 bridgehead atoms.